The van der Waals surface area contributed by atoms with Gasteiger partial charge in [0, 0.05) is 0 Å². The fourth-order valence-corrected chi connectivity index (χ4v) is 2.70. The highest BCUT2D eigenvalue weighted by Gasteiger charge is 1.99. The minimum atomic E-state index is 1.27. The van der Waals surface area contributed by atoms with Crippen LogP contribution in [0.2, 0.25) is 0 Å². The first kappa shape index (κ1) is 15.5. The van der Waals surface area contributed by atoms with E-state index in [4.69, 9.17) is 0 Å². The molecular formula is C18H32. The van der Waals surface area contributed by atoms with Gasteiger partial charge in [0.2, 0.25) is 0 Å². The van der Waals surface area contributed by atoms with Gasteiger partial charge in [-0.1, -0.05) is 88.5 Å². The Hall–Kier alpha value is -0.520. The number of allylic oxidation sites excluding steroid dienone is 4. The first-order valence-electron chi connectivity index (χ1n) is 8.28. The lowest BCUT2D eigenvalue weighted by molar-refractivity contribution is 0.554. The first-order valence-corrected chi connectivity index (χ1v) is 8.28. The summed E-state index contributed by atoms with van der Waals surface area (Å²) in [5.41, 5.74) is 1.68. The van der Waals surface area contributed by atoms with Crippen LogP contribution in [0.5, 0.6) is 0 Å². The van der Waals surface area contributed by atoms with Crippen molar-refractivity contribution in [1.82, 2.24) is 0 Å². The van der Waals surface area contributed by atoms with Gasteiger partial charge in [0.25, 0.3) is 0 Å². The average molecular weight is 248 g/mol. The van der Waals surface area contributed by atoms with Gasteiger partial charge >= 0.3 is 0 Å². The zero-order valence-electron chi connectivity index (χ0n) is 12.4. The number of hydrogen-bond donors (Lipinski definition) is 0. The fraction of sp³-hybridized carbons (Fsp3) is 0.778. The summed E-state index contributed by atoms with van der Waals surface area (Å²) in [5, 5.41) is 0. The van der Waals surface area contributed by atoms with E-state index in [2.05, 4.69) is 25.2 Å². The van der Waals surface area contributed by atoms with Crippen LogP contribution in [0.25, 0.3) is 0 Å². The van der Waals surface area contributed by atoms with Gasteiger partial charge < -0.3 is 0 Å². The summed E-state index contributed by atoms with van der Waals surface area (Å²) >= 11 is 0. The molecule has 0 aromatic heterocycles. The molecule has 0 fully saturated rings. The van der Waals surface area contributed by atoms with E-state index in [1.807, 2.05) is 0 Å². The molecule has 0 radical (unpaired) electrons. The predicted molar refractivity (Wildman–Crippen MR) is 82.9 cm³/mol. The van der Waals surface area contributed by atoms with Crippen LogP contribution in [0.1, 0.15) is 90.4 Å². The Kier molecular flexibility index (Phi) is 9.98. The summed E-state index contributed by atoms with van der Waals surface area (Å²) in [5.74, 6) is 0. The average Bonchev–Trinajstić information content (AvgIpc) is 2.42. The van der Waals surface area contributed by atoms with E-state index >= 15 is 0 Å². The van der Waals surface area contributed by atoms with E-state index in [1.165, 1.54) is 83.5 Å². The van der Waals surface area contributed by atoms with E-state index in [9.17, 15) is 0 Å². The zero-order valence-corrected chi connectivity index (χ0v) is 12.4. The number of rotatable bonds is 11. The van der Waals surface area contributed by atoms with Gasteiger partial charge in [0.1, 0.15) is 0 Å². The molecule has 1 rings (SSSR count). The van der Waals surface area contributed by atoms with Crippen LogP contribution >= 0.6 is 0 Å². The molecule has 0 amide bonds. The van der Waals surface area contributed by atoms with Crippen LogP contribution in [0.15, 0.2) is 23.8 Å². The topological polar surface area (TPSA) is 0 Å². The van der Waals surface area contributed by atoms with E-state index < -0.39 is 0 Å². The molecule has 1 aliphatic carbocycles. The zero-order chi connectivity index (χ0) is 12.9. The highest BCUT2D eigenvalue weighted by molar-refractivity contribution is 5.17. The highest BCUT2D eigenvalue weighted by atomic mass is 14.1. The van der Waals surface area contributed by atoms with Crippen molar-refractivity contribution in [2.45, 2.75) is 90.4 Å². The van der Waals surface area contributed by atoms with Crippen molar-refractivity contribution in [3.05, 3.63) is 23.8 Å². The van der Waals surface area contributed by atoms with Gasteiger partial charge in [-0.05, 0) is 25.7 Å². The van der Waals surface area contributed by atoms with Crippen LogP contribution in [0.4, 0.5) is 0 Å². The Bertz CT molecular complexity index is 234. The number of hydrogen-bond acceptors (Lipinski definition) is 0. The summed E-state index contributed by atoms with van der Waals surface area (Å²) in [7, 11) is 0. The standard InChI is InChI=1S/C18H32/c1-2-3-4-5-6-7-8-9-10-12-15-18-16-13-11-14-17-18/h11,13,16H,2-10,12,14-15,17H2,1H3. The molecule has 104 valence electrons. The van der Waals surface area contributed by atoms with Gasteiger partial charge in [0.15, 0.2) is 0 Å². The maximum atomic E-state index is 2.33. The van der Waals surface area contributed by atoms with Crippen LogP contribution in [-0.2, 0) is 0 Å². The van der Waals surface area contributed by atoms with E-state index in [-0.39, 0.29) is 0 Å². The van der Waals surface area contributed by atoms with Gasteiger partial charge in [0.05, 0.1) is 0 Å². The summed E-state index contributed by atoms with van der Waals surface area (Å²) in [6.45, 7) is 2.29. The molecule has 0 heterocycles. The Balaban J connectivity index is 1.78. The second kappa shape index (κ2) is 11.6. The minimum Gasteiger partial charge on any atom is -0.0842 e. The van der Waals surface area contributed by atoms with Gasteiger partial charge in [-0.15, -0.1) is 0 Å². The molecule has 0 N–H and O–H groups in total. The highest BCUT2D eigenvalue weighted by Crippen LogP contribution is 2.19. The second-order valence-corrected chi connectivity index (χ2v) is 5.72. The normalized spacial score (nSPS) is 14.8. The third kappa shape index (κ3) is 8.55. The third-order valence-electron chi connectivity index (χ3n) is 3.95. The monoisotopic (exact) mass is 248 g/mol. The molecule has 18 heavy (non-hydrogen) atoms. The largest absolute Gasteiger partial charge is 0.0842 e. The molecule has 0 bridgehead atoms. The van der Waals surface area contributed by atoms with E-state index in [0.29, 0.717) is 0 Å². The molecule has 0 spiro atoms. The van der Waals surface area contributed by atoms with Gasteiger partial charge in [-0.2, -0.15) is 0 Å². The molecule has 0 aliphatic heterocycles. The maximum absolute atomic E-state index is 2.33. The molecule has 0 aromatic rings. The lowest BCUT2D eigenvalue weighted by atomic mass is 9.98. The van der Waals surface area contributed by atoms with Crippen molar-refractivity contribution in [2.24, 2.45) is 0 Å². The second-order valence-electron chi connectivity index (χ2n) is 5.72. The van der Waals surface area contributed by atoms with Crippen molar-refractivity contribution in [3.63, 3.8) is 0 Å². The molecular weight excluding hydrogens is 216 g/mol. The lowest BCUT2D eigenvalue weighted by Crippen LogP contribution is -1.88. The lowest BCUT2D eigenvalue weighted by Gasteiger charge is -2.08. The Labute approximate surface area is 115 Å². The van der Waals surface area contributed by atoms with Gasteiger partial charge in [-0.3, -0.25) is 0 Å². The maximum Gasteiger partial charge on any atom is -0.0282 e. The van der Waals surface area contributed by atoms with Crippen LogP contribution < -0.4 is 0 Å². The molecule has 0 saturated heterocycles. The van der Waals surface area contributed by atoms with Crippen molar-refractivity contribution in [2.75, 3.05) is 0 Å². The van der Waals surface area contributed by atoms with Crippen molar-refractivity contribution in [1.29, 1.82) is 0 Å². The van der Waals surface area contributed by atoms with Gasteiger partial charge in [-0.25, -0.2) is 0 Å². The Morgan fingerprint density at radius 2 is 1.44 bits per heavy atom. The van der Waals surface area contributed by atoms with Crippen molar-refractivity contribution in [3.8, 4) is 0 Å². The van der Waals surface area contributed by atoms with Crippen molar-refractivity contribution < 1.29 is 0 Å². The SMILES string of the molecule is CCCCCCCCCCCCC1=CC=CCC1. The van der Waals surface area contributed by atoms with Crippen LogP contribution in [0.3, 0.4) is 0 Å². The number of unbranched alkanes of at least 4 members (excludes halogenated alkanes) is 9. The quantitative estimate of drug-likeness (QED) is 0.362. The van der Waals surface area contributed by atoms with E-state index in [0.717, 1.165) is 0 Å². The molecule has 0 atom stereocenters. The van der Waals surface area contributed by atoms with Crippen LogP contribution in [-0.4, -0.2) is 0 Å². The fourth-order valence-electron chi connectivity index (χ4n) is 2.70. The summed E-state index contributed by atoms with van der Waals surface area (Å²) in [6.07, 6.45) is 25.2. The Morgan fingerprint density at radius 3 is 2.00 bits per heavy atom. The van der Waals surface area contributed by atoms with E-state index in [1.54, 1.807) is 5.57 Å². The minimum absolute atomic E-state index is 1.27. The predicted octanol–water partition coefficient (Wildman–Crippen LogP) is 6.57. The first-order chi connectivity index (χ1) is 8.93. The molecule has 0 aromatic carbocycles. The molecule has 1 aliphatic rings. The summed E-state index contributed by atoms with van der Waals surface area (Å²) < 4.78 is 0. The summed E-state index contributed by atoms with van der Waals surface area (Å²) in [6, 6.07) is 0. The van der Waals surface area contributed by atoms with Crippen LogP contribution in [0, 0.1) is 0 Å². The molecule has 0 unspecified atom stereocenters. The van der Waals surface area contributed by atoms with Crippen molar-refractivity contribution >= 4 is 0 Å². The molecule has 0 saturated carbocycles. The smallest absolute Gasteiger partial charge is 0.0282 e. The summed E-state index contributed by atoms with van der Waals surface area (Å²) in [4.78, 5) is 0. The molecule has 0 nitrogen and oxygen atoms in total. The Morgan fingerprint density at radius 1 is 0.833 bits per heavy atom. The third-order valence-corrected chi connectivity index (χ3v) is 3.95. The molecule has 0 heteroatoms.